The van der Waals surface area contributed by atoms with E-state index in [4.69, 9.17) is 14.2 Å². The number of methoxy groups -OCH3 is 1. The summed E-state index contributed by atoms with van der Waals surface area (Å²) in [4.78, 5) is 13.9. The Balaban J connectivity index is 1.20. The van der Waals surface area contributed by atoms with Crippen molar-refractivity contribution in [3.8, 4) is 0 Å². The van der Waals surface area contributed by atoms with Gasteiger partial charge < -0.3 is 14.2 Å². The van der Waals surface area contributed by atoms with Gasteiger partial charge in [-0.3, -0.25) is 4.90 Å². The first kappa shape index (κ1) is 23.6. The van der Waals surface area contributed by atoms with Crippen molar-refractivity contribution in [2.45, 2.75) is 49.9 Å². The largest absolute Gasteiger partial charge is 0.441 e. The van der Waals surface area contributed by atoms with Crippen LogP contribution >= 0.6 is 0 Å². The number of carbonyl (C=O) groups excluding carboxylic acids is 1. The van der Waals surface area contributed by atoms with Crippen LogP contribution in [0.4, 0.5) is 10.5 Å². The zero-order chi connectivity index (χ0) is 24.0. The molecule has 0 aromatic heterocycles. The van der Waals surface area contributed by atoms with Crippen LogP contribution in [0.15, 0.2) is 84.9 Å². The molecule has 0 radical (unpaired) electrons. The molecule has 1 atom stereocenters. The molecule has 5 nitrogen and oxygen atoms in total. The highest BCUT2D eigenvalue weighted by Crippen LogP contribution is 2.38. The van der Waals surface area contributed by atoms with E-state index in [9.17, 15) is 4.79 Å². The number of carbonyl (C=O) groups is 1. The molecule has 3 aromatic rings. The van der Waals surface area contributed by atoms with Gasteiger partial charge in [-0.25, -0.2) is 4.79 Å². The van der Waals surface area contributed by atoms with E-state index in [2.05, 4.69) is 60.7 Å². The third-order valence-electron chi connectivity index (χ3n) is 7.11. The van der Waals surface area contributed by atoms with Crippen molar-refractivity contribution < 1.29 is 19.0 Å². The quantitative estimate of drug-likeness (QED) is 0.377. The van der Waals surface area contributed by atoms with Crippen LogP contribution in [-0.4, -0.2) is 38.6 Å². The molecule has 5 rings (SSSR count). The molecule has 1 heterocycles. The third-order valence-corrected chi connectivity index (χ3v) is 7.11. The van der Waals surface area contributed by atoms with Crippen molar-refractivity contribution >= 4 is 11.8 Å². The number of hydrogen-bond acceptors (Lipinski definition) is 4. The van der Waals surface area contributed by atoms with E-state index in [1.165, 1.54) is 16.7 Å². The summed E-state index contributed by atoms with van der Waals surface area (Å²) >= 11 is 0. The number of amides is 1. The molecule has 1 saturated carbocycles. The van der Waals surface area contributed by atoms with Crippen molar-refractivity contribution in [3.05, 3.63) is 102 Å². The minimum Gasteiger partial charge on any atom is -0.441 e. The predicted octanol–water partition coefficient (Wildman–Crippen LogP) is 6.49. The monoisotopic (exact) mass is 471 g/mol. The summed E-state index contributed by atoms with van der Waals surface area (Å²) in [7, 11) is 1.62. The Kier molecular flexibility index (Phi) is 7.45. The molecular formula is C30H33NO4. The summed E-state index contributed by atoms with van der Waals surface area (Å²) in [6, 6.07) is 29.4. The van der Waals surface area contributed by atoms with E-state index < -0.39 is 0 Å². The lowest BCUT2D eigenvalue weighted by molar-refractivity contribution is -0.0147. The van der Waals surface area contributed by atoms with Crippen molar-refractivity contribution in [2.75, 3.05) is 25.2 Å². The fourth-order valence-electron chi connectivity index (χ4n) is 5.26. The van der Waals surface area contributed by atoms with Crippen LogP contribution in [0, 0.1) is 0 Å². The lowest BCUT2D eigenvalue weighted by Crippen LogP contribution is -2.26. The highest BCUT2D eigenvalue weighted by Gasteiger charge is 2.32. The van der Waals surface area contributed by atoms with Crippen LogP contribution in [0.5, 0.6) is 0 Å². The maximum absolute atomic E-state index is 12.2. The van der Waals surface area contributed by atoms with Gasteiger partial charge in [-0.1, -0.05) is 72.8 Å². The van der Waals surface area contributed by atoms with Gasteiger partial charge in [-0.2, -0.15) is 0 Å². The van der Waals surface area contributed by atoms with E-state index in [0.29, 0.717) is 19.1 Å². The Morgan fingerprint density at radius 2 is 1.46 bits per heavy atom. The highest BCUT2D eigenvalue weighted by atomic mass is 16.6. The van der Waals surface area contributed by atoms with Gasteiger partial charge >= 0.3 is 6.09 Å². The summed E-state index contributed by atoms with van der Waals surface area (Å²) in [5, 5.41) is 0. The molecule has 182 valence electrons. The van der Waals surface area contributed by atoms with E-state index in [-0.39, 0.29) is 24.4 Å². The van der Waals surface area contributed by atoms with Crippen molar-refractivity contribution in [2.24, 2.45) is 0 Å². The van der Waals surface area contributed by atoms with Crippen molar-refractivity contribution in [1.29, 1.82) is 0 Å². The van der Waals surface area contributed by atoms with Gasteiger partial charge in [0.25, 0.3) is 0 Å². The molecule has 1 amide bonds. The van der Waals surface area contributed by atoms with Gasteiger partial charge in [-0.15, -0.1) is 0 Å². The molecule has 35 heavy (non-hydrogen) atoms. The lowest BCUT2D eigenvalue weighted by atomic mass is 9.82. The van der Waals surface area contributed by atoms with Crippen LogP contribution < -0.4 is 4.90 Å². The fraction of sp³-hybridized carbons (Fsp3) is 0.367. The molecular weight excluding hydrogens is 438 g/mol. The molecule has 1 aliphatic carbocycles. The topological polar surface area (TPSA) is 48.0 Å². The second kappa shape index (κ2) is 11.1. The first-order valence-corrected chi connectivity index (χ1v) is 12.5. The first-order valence-electron chi connectivity index (χ1n) is 12.5. The van der Waals surface area contributed by atoms with Crippen LogP contribution in [0.1, 0.15) is 54.4 Å². The minimum atomic E-state index is -0.302. The zero-order valence-corrected chi connectivity index (χ0v) is 20.2. The second-order valence-electron chi connectivity index (χ2n) is 9.47. The summed E-state index contributed by atoms with van der Waals surface area (Å²) in [6.07, 6.45) is 3.97. The maximum Gasteiger partial charge on any atom is 0.414 e. The molecule has 1 aliphatic heterocycles. The number of anilines is 1. The second-order valence-corrected chi connectivity index (χ2v) is 9.47. The molecule has 0 bridgehead atoms. The highest BCUT2D eigenvalue weighted by molar-refractivity contribution is 5.89. The Bertz CT molecular complexity index is 1040. The van der Waals surface area contributed by atoms with Gasteiger partial charge in [0.1, 0.15) is 12.2 Å². The standard InChI is InChI=1S/C30H33NO4/c1-33-21-28-20-31(30(32)35-28)26-16-12-22(13-17-26)23-14-18-27(19-15-23)34-29(24-8-4-2-5-9-24)25-10-6-3-7-11-25/h2-13,16-17,23,27-29H,14-15,18-21H2,1H3. The molecule has 0 spiro atoms. The average Bonchev–Trinajstić information content (AvgIpc) is 3.29. The third kappa shape index (κ3) is 5.58. The Morgan fingerprint density at radius 1 is 0.857 bits per heavy atom. The van der Waals surface area contributed by atoms with Crippen LogP contribution in [-0.2, 0) is 14.2 Å². The normalized spacial score (nSPS) is 22.4. The van der Waals surface area contributed by atoms with E-state index in [0.717, 1.165) is 31.4 Å². The van der Waals surface area contributed by atoms with Crippen LogP contribution in [0.25, 0.3) is 0 Å². The van der Waals surface area contributed by atoms with Crippen molar-refractivity contribution in [3.63, 3.8) is 0 Å². The zero-order valence-electron chi connectivity index (χ0n) is 20.2. The number of cyclic esters (lactones) is 1. The molecule has 0 N–H and O–H groups in total. The van der Waals surface area contributed by atoms with Gasteiger partial charge in [0, 0.05) is 12.8 Å². The SMILES string of the molecule is COCC1CN(c2ccc(C3CCC(OC(c4ccccc4)c4ccccc4)CC3)cc2)C(=O)O1. The van der Waals surface area contributed by atoms with Gasteiger partial charge in [0.15, 0.2) is 0 Å². The maximum atomic E-state index is 12.2. The first-order chi connectivity index (χ1) is 17.2. The molecule has 5 heteroatoms. The fourth-order valence-corrected chi connectivity index (χ4v) is 5.26. The summed E-state index contributed by atoms with van der Waals surface area (Å²) in [5.74, 6) is 0.516. The minimum absolute atomic E-state index is 0.0413. The molecule has 1 saturated heterocycles. The molecule has 2 aliphatic rings. The summed E-state index contributed by atoms with van der Waals surface area (Å²) in [5.41, 5.74) is 4.60. The predicted molar refractivity (Wildman–Crippen MR) is 137 cm³/mol. The molecule has 3 aromatic carbocycles. The lowest BCUT2D eigenvalue weighted by Gasteiger charge is -2.32. The number of ether oxygens (including phenoxy) is 3. The summed E-state index contributed by atoms with van der Waals surface area (Å²) in [6.45, 7) is 0.944. The number of rotatable bonds is 8. The van der Waals surface area contributed by atoms with Crippen LogP contribution in [0.3, 0.4) is 0 Å². The van der Waals surface area contributed by atoms with Crippen molar-refractivity contribution in [1.82, 2.24) is 0 Å². The Labute approximate surface area is 207 Å². The van der Waals surface area contributed by atoms with Crippen LogP contribution in [0.2, 0.25) is 0 Å². The van der Waals surface area contributed by atoms with E-state index in [1.807, 2.05) is 24.3 Å². The molecule has 1 unspecified atom stereocenters. The smallest absolute Gasteiger partial charge is 0.414 e. The number of hydrogen-bond donors (Lipinski definition) is 0. The van der Waals surface area contributed by atoms with Gasteiger partial charge in [0.2, 0.25) is 0 Å². The van der Waals surface area contributed by atoms with Gasteiger partial charge in [-0.05, 0) is 60.4 Å². The Morgan fingerprint density at radius 3 is 2.03 bits per heavy atom. The van der Waals surface area contributed by atoms with E-state index >= 15 is 0 Å². The van der Waals surface area contributed by atoms with Gasteiger partial charge in [0.05, 0.1) is 19.3 Å². The molecule has 2 fully saturated rings. The number of nitrogens with zero attached hydrogens (tertiary/aromatic N) is 1. The summed E-state index contributed by atoms with van der Waals surface area (Å²) < 4.78 is 17.2. The average molecular weight is 472 g/mol. The Hall–Kier alpha value is -3.15. The number of benzene rings is 3. The van der Waals surface area contributed by atoms with E-state index in [1.54, 1.807) is 12.0 Å².